The Labute approximate surface area is 130 Å². The number of amides is 2. The van der Waals surface area contributed by atoms with Gasteiger partial charge in [0.1, 0.15) is 5.82 Å². The first-order valence-corrected chi connectivity index (χ1v) is 6.51. The first kappa shape index (κ1) is 16.3. The smallest absolute Gasteiger partial charge is 0.337 e. The summed E-state index contributed by atoms with van der Waals surface area (Å²) in [6.45, 7) is 2.46. The van der Waals surface area contributed by atoms with Crippen LogP contribution in [0.3, 0.4) is 0 Å². The molecule has 23 heavy (non-hydrogen) atoms. The average Bonchev–Trinajstić information content (AvgIpc) is 2.43. The van der Waals surface area contributed by atoms with E-state index in [-0.39, 0.29) is 23.0 Å². The zero-order chi connectivity index (χ0) is 17.0. The van der Waals surface area contributed by atoms with Gasteiger partial charge >= 0.3 is 6.03 Å². The number of nitrogens with zero attached hydrogens (tertiary/aromatic N) is 3. The van der Waals surface area contributed by atoms with E-state index in [1.54, 1.807) is 13.0 Å². The van der Waals surface area contributed by atoms with Crippen molar-refractivity contribution in [1.29, 1.82) is 0 Å². The van der Waals surface area contributed by atoms with Crippen molar-refractivity contribution < 1.29 is 13.6 Å². The second-order valence-electron chi connectivity index (χ2n) is 4.81. The lowest BCUT2D eigenvalue weighted by molar-refractivity contribution is 0.0172. The van der Waals surface area contributed by atoms with Crippen molar-refractivity contribution in [2.24, 2.45) is 0 Å². The van der Waals surface area contributed by atoms with Crippen LogP contribution in [0.1, 0.15) is 18.2 Å². The van der Waals surface area contributed by atoms with E-state index in [1.807, 2.05) is 0 Å². The van der Waals surface area contributed by atoms with Gasteiger partial charge in [0.25, 0.3) is 5.92 Å². The van der Waals surface area contributed by atoms with Gasteiger partial charge in [0, 0.05) is 30.4 Å². The van der Waals surface area contributed by atoms with E-state index in [9.17, 15) is 13.6 Å². The molecule has 0 atom stereocenters. The van der Waals surface area contributed by atoms with Crippen LogP contribution in [0.5, 0.6) is 0 Å². The first-order chi connectivity index (χ1) is 10.7. The molecule has 0 fully saturated rings. The van der Waals surface area contributed by atoms with E-state index in [1.165, 1.54) is 6.20 Å². The van der Waals surface area contributed by atoms with Crippen LogP contribution in [0.15, 0.2) is 24.5 Å². The maximum atomic E-state index is 13.2. The van der Waals surface area contributed by atoms with Gasteiger partial charge in [0.15, 0.2) is 0 Å². The zero-order valence-corrected chi connectivity index (χ0v) is 12.4. The Morgan fingerprint density at radius 2 is 2.00 bits per heavy atom. The molecule has 122 valence electrons. The molecule has 0 saturated heterocycles. The van der Waals surface area contributed by atoms with Crippen LogP contribution in [0.25, 0.3) is 0 Å². The fraction of sp³-hybridized carbons (Fsp3) is 0.231. The van der Waals surface area contributed by atoms with Crippen LogP contribution in [0, 0.1) is 6.92 Å². The number of halogens is 2. The number of alkyl halides is 2. The van der Waals surface area contributed by atoms with E-state index in [0.29, 0.717) is 5.69 Å². The van der Waals surface area contributed by atoms with Crippen molar-refractivity contribution in [2.45, 2.75) is 19.8 Å². The molecule has 0 bridgehead atoms. The highest BCUT2D eigenvalue weighted by atomic mass is 19.3. The summed E-state index contributed by atoms with van der Waals surface area (Å²) in [5, 5.41) is 2.37. The Hall–Kier alpha value is -3.04. The Kier molecular flexibility index (Phi) is 4.53. The number of carbonyl (C=O) groups is 1. The van der Waals surface area contributed by atoms with E-state index in [4.69, 9.17) is 5.73 Å². The van der Waals surface area contributed by atoms with Gasteiger partial charge in [-0.3, -0.25) is 15.8 Å². The number of urea groups is 1. The highest BCUT2D eigenvalue weighted by Crippen LogP contribution is 2.27. The molecule has 5 N–H and O–H groups in total. The fourth-order valence-corrected chi connectivity index (χ4v) is 1.69. The maximum absolute atomic E-state index is 13.2. The molecular weight excluding hydrogens is 308 g/mol. The monoisotopic (exact) mass is 323 g/mol. The summed E-state index contributed by atoms with van der Waals surface area (Å²) in [6, 6.07) is 2.02. The summed E-state index contributed by atoms with van der Waals surface area (Å²) in [4.78, 5) is 23.1. The van der Waals surface area contributed by atoms with Gasteiger partial charge in [-0.05, 0) is 13.0 Å². The SMILES string of the molecule is Cc1cc(NNC(=O)Nc2cncc(C(C)(F)F)c2)nc(N)n1. The van der Waals surface area contributed by atoms with Crippen LogP contribution < -0.4 is 21.9 Å². The van der Waals surface area contributed by atoms with E-state index in [0.717, 1.165) is 19.2 Å². The van der Waals surface area contributed by atoms with Crippen molar-refractivity contribution in [3.63, 3.8) is 0 Å². The highest BCUT2D eigenvalue weighted by Gasteiger charge is 2.25. The Morgan fingerprint density at radius 1 is 1.26 bits per heavy atom. The lowest BCUT2D eigenvalue weighted by Gasteiger charge is -2.13. The number of carbonyl (C=O) groups excluding carboxylic acids is 1. The van der Waals surface area contributed by atoms with Crippen molar-refractivity contribution in [3.8, 4) is 0 Å². The predicted molar refractivity (Wildman–Crippen MR) is 80.8 cm³/mol. The minimum absolute atomic E-state index is 0.0526. The second kappa shape index (κ2) is 6.38. The number of anilines is 3. The number of nitrogens with two attached hydrogens (primary N) is 1. The van der Waals surface area contributed by atoms with Crippen LogP contribution in [-0.4, -0.2) is 21.0 Å². The summed E-state index contributed by atoms with van der Waals surface area (Å²) < 4.78 is 26.4. The number of hydrogen-bond acceptors (Lipinski definition) is 6. The van der Waals surface area contributed by atoms with Gasteiger partial charge in [-0.1, -0.05) is 0 Å². The molecule has 0 aromatic carbocycles. The van der Waals surface area contributed by atoms with Crippen molar-refractivity contribution in [2.75, 3.05) is 16.5 Å². The van der Waals surface area contributed by atoms with Crippen molar-refractivity contribution >= 4 is 23.5 Å². The van der Waals surface area contributed by atoms with E-state index >= 15 is 0 Å². The molecule has 0 radical (unpaired) electrons. The molecule has 2 amide bonds. The summed E-state index contributed by atoms with van der Waals surface area (Å²) in [7, 11) is 0. The Bertz CT molecular complexity index is 697. The zero-order valence-electron chi connectivity index (χ0n) is 12.4. The molecule has 0 aliphatic heterocycles. The Morgan fingerprint density at radius 3 is 2.65 bits per heavy atom. The molecule has 2 aromatic heterocycles. The van der Waals surface area contributed by atoms with E-state index in [2.05, 4.69) is 31.1 Å². The van der Waals surface area contributed by atoms with E-state index < -0.39 is 12.0 Å². The third-order valence-electron chi connectivity index (χ3n) is 2.68. The normalized spacial score (nSPS) is 11.0. The Balaban J connectivity index is 1.97. The van der Waals surface area contributed by atoms with Gasteiger partial charge in [-0.15, -0.1) is 0 Å². The molecule has 10 heteroatoms. The second-order valence-corrected chi connectivity index (χ2v) is 4.81. The molecule has 8 nitrogen and oxygen atoms in total. The quantitative estimate of drug-likeness (QED) is 0.639. The number of nitrogens with one attached hydrogen (secondary N) is 3. The molecule has 0 unspecified atom stereocenters. The van der Waals surface area contributed by atoms with Gasteiger partial charge in [-0.2, -0.15) is 4.98 Å². The molecule has 0 spiro atoms. The first-order valence-electron chi connectivity index (χ1n) is 6.51. The summed E-state index contributed by atoms with van der Waals surface area (Å²) in [5.74, 6) is -2.70. The number of hydrogen-bond donors (Lipinski definition) is 4. The topological polar surface area (TPSA) is 118 Å². The minimum Gasteiger partial charge on any atom is -0.368 e. The number of aryl methyl sites for hydroxylation is 1. The van der Waals surface area contributed by atoms with Crippen molar-refractivity contribution in [3.05, 3.63) is 35.8 Å². The highest BCUT2D eigenvalue weighted by molar-refractivity contribution is 5.89. The average molecular weight is 323 g/mol. The summed E-state index contributed by atoms with van der Waals surface area (Å²) in [5.41, 5.74) is 10.7. The van der Waals surface area contributed by atoms with Crippen LogP contribution in [-0.2, 0) is 5.92 Å². The fourth-order valence-electron chi connectivity index (χ4n) is 1.69. The lowest BCUT2D eigenvalue weighted by atomic mass is 10.1. The predicted octanol–water partition coefficient (Wildman–Crippen LogP) is 2.02. The summed E-state index contributed by atoms with van der Waals surface area (Å²) in [6.07, 6.45) is 2.29. The molecule has 2 heterocycles. The third-order valence-corrected chi connectivity index (χ3v) is 2.68. The molecule has 0 aliphatic carbocycles. The minimum atomic E-state index is -3.05. The van der Waals surface area contributed by atoms with Crippen molar-refractivity contribution in [1.82, 2.24) is 20.4 Å². The summed E-state index contributed by atoms with van der Waals surface area (Å²) >= 11 is 0. The standard InChI is InChI=1S/C13H15F2N7O/c1-7-3-10(20-11(16)18-7)21-22-12(23)19-9-4-8(5-17-6-9)13(2,14)15/h3-6H,1-2H3,(H2,19,22,23)(H3,16,18,20,21). The molecule has 2 aromatic rings. The number of rotatable bonds is 4. The number of pyridine rings is 1. The van der Waals surface area contributed by atoms with Gasteiger partial charge < -0.3 is 11.1 Å². The number of aromatic nitrogens is 3. The van der Waals surface area contributed by atoms with Gasteiger partial charge in [0.05, 0.1) is 11.9 Å². The van der Waals surface area contributed by atoms with Crippen LogP contribution in [0.2, 0.25) is 0 Å². The van der Waals surface area contributed by atoms with Gasteiger partial charge in [-0.25, -0.2) is 18.6 Å². The maximum Gasteiger partial charge on any atom is 0.337 e. The lowest BCUT2D eigenvalue weighted by Crippen LogP contribution is -2.34. The largest absolute Gasteiger partial charge is 0.368 e. The molecule has 0 aliphatic rings. The van der Waals surface area contributed by atoms with Crippen LogP contribution >= 0.6 is 0 Å². The number of nitrogen functional groups attached to an aromatic ring is 1. The van der Waals surface area contributed by atoms with Gasteiger partial charge in [0.2, 0.25) is 5.95 Å². The van der Waals surface area contributed by atoms with Crippen LogP contribution in [0.4, 0.5) is 31.0 Å². The molecular formula is C13H15F2N7O. The number of hydrazine groups is 1. The molecule has 2 rings (SSSR count). The molecule has 0 saturated carbocycles. The third kappa shape index (κ3) is 4.73.